The minimum atomic E-state index is 0.478. The van der Waals surface area contributed by atoms with Gasteiger partial charge in [-0.15, -0.1) is 10.2 Å². The molecule has 0 radical (unpaired) electrons. The Kier molecular flexibility index (Phi) is 3.56. The highest BCUT2D eigenvalue weighted by molar-refractivity contribution is 7.06. The Bertz CT molecular complexity index is 582. The van der Waals surface area contributed by atoms with E-state index in [1.54, 1.807) is 7.11 Å². The van der Waals surface area contributed by atoms with Gasteiger partial charge in [0.2, 0.25) is 11.8 Å². The van der Waals surface area contributed by atoms with Gasteiger partial charge in [0.05, 0.1) is 18.5 Å². The highest BCUT2D eigenvalue weighted by Crippen LogP contribution is 2.31. The second-order valence-electron chi connectivity index (χ2n) is 4.33. The third-order valence-electron chi connectivity index (χ3n) is 3.13. The molecule has 0 amide bonds. The van der Waals surface area contributed by atoms with Crippen molar-refractivity contribution in [3.05, 3.63) is 15.7 Å². The number of nitrogens with zero attached hydrogens (tertiary/aromatic N) is 4. The average molecular weight is 300 g/mol. The molecule has 6 nitrogen and oxygen atoms in total. The summed E-state index contributed by atoms with van der Waals surface area (Å²) in [5.41, 5.74) is 0. The van der Waals surface area contributed by atoms with Gasteiger partial charge < -0.3 is 10.1 Å². The minimum Gasteiger partial charge on any atom is -0.479 e. The average Bonchev–Trinajstić information content (AvgIpc) is 3.00. The highest BCUT2D eigenvalue weighted by Gasteiger charge is 2.17. The molecule has 0 fully saturated rings. The van der Waals surface area contributed by atoms with Crippen molar-refractivity contribution in [2.75, 3.05) is 12.4 Å². The van der Waals surface area contributed by atoms with Crippen LogP contribution in [0.4, 0.5) is 5.95 Å². The van der Waals surface area contributed by atoms with Crippen LogP contribution in [-0.4, -0.2) is 26.2 Å². The van der Waals surface area contributed by atoms with Gasteiger partial charge in [-0.3, -0.25) is 4.57 Å². The van der Waals surface area contributed by atoms with Crippen molar-refractivity contribution in [1.82, 2.24) is 19.1 Å². The molecule has 0 saturated carbocycles. The molecule has 19 heavy (non-hydrogen) atoms. The van der Waals surface area contributed by atoms with Crippen molar-refractivity contribution < 1.29 is 4.74 Å². The van der Waals surface area contributed by atoms with Gasteiger partial charge in [-0.05, 0) is 24.4 Å². The van der Waals surface area contributed by atoms with Gasteiger partial charge in [-0.25, -0.2) is 0 Å². The zero-order valence-electron chi connectivity index (χ0n) is 10.5. The SMILES string of the molecule is COc1nsc(CNc2nnc3n2CCCC3)c1Cl. The number of halogens is 1. The summed E-state index contributed by atoms with van der Waals surface area (Å²) >= 11 is 7.48. The number of aromatic nitrogens is 4. The predicted molar refractivity (Wildman–Crippen MR) is 74.0 cm³/mol. The van der Waals surface area contributed by atoms with Crippen LogP contribution >= 0.6 is 23.1 Å². The molecule has 0 spiro atoms. The summed E-state index contributed by atoms with van der Waals surface area (Å²) in [4.78, 5) is 0.937. The van der Waals surface area contributed by atoms with E-state index in [1.165, 1.54) is 24.4 Å². The molecule has 2 aromatic rings. The van der Waals surface area contributed by atoms with Gasteiger partial charge in [0, 0.05) is 13.0 Å². The maximum Gasteiger partial charge on any atom is 0.244 e. The number of ether oxygens (including phenoxy) is 1. The maximum atomic E-state index is 6.15. The van der Waals surface area contributed by atoms with Gasteiger partial charge in [0.15, 0.2) is 0 Å². The van der Waals surface area contributed by atoms with E-state index in [1.807, 2.05) is 0 Å². The molecule has 1 N–H and O–H groups in total. The van der Waals surface area contributed by atoms with Gasteiger partial charge in [-0.1, -0.05) is 11.6 Å². The number of fused-ring (bicyclic) bond motifs is 1. The molecule has 1 aliphatic heterocycles. The summed E-state index contributed by atoms with van der Waals surface area (Å²) in [5, 5.41) is 12.2. The fourth-order valence-electron chi connectivity index (χ4n) is 2.13. The smallest absolute Gasteiger partial charge is 0.244 e. The fourth-order valence-corrected chi connectivity index (χ4v) is 3.13. The van der Waals surface area contributed by atoms with Crippen LogP contribution in [0.15, 0.2) is 0 Å². The monoisotopic (exact) mass is 299 g/mol. The number of rotatable bonds is 4. The van der Waals surface area contributed by atoms with Crippen LogP contribution in [0.2, 0.25) is 5.02 Å². The second-order valence-corrected chi connectivity index (χ2v) is 5.57. The van der Waals surface area contributed by atoms with E-state index in [2.05, 4.69) is 24.5 Å². The molecular weight excluding hydrogens is 286 g/mol. The van der Waals surface area contributed by atoms with Crippen LogP contribution in [0.3, 0.4) is 0 Å². The summed E-state index contributed by atoms with van der Waals surface area (Å²) in [5.74, 6) is 2.34. The maximum absolute atomic E-state index is 6.15. The quantitative estimate of drug-likeness (QED) is 0.939. The zero-order chi connectivity index (χ0) is 13.2. The summed E-state index contributed by atoms with van der Waals surface area (Å²) in [7, 11) is 1.56. The first-order chi connectivity index (χ1) is 9.29. The molecule has 0 atom stereocenters. The first-order valence-electron chi connectivity index (χ1n) is 6.13. The van der Waals surface area contributed by atoms with Crippen molar-refractivity contribution in [2.24, 2.45) is 0 Å². The molecule has 0 aliphatic carbocycles. The lowest BCUT2D eigenvalue weighted by Crippen LogP contribution is -2.13. The standard InChI is InChI=1S/C11H14ClN5OS/c1-18-10-9(12)7(19-16-10)6-13-11-15-14-8-4-2-3-5-17(8)11/h2-6H2,1H3,(H,13,15). The number of nitrogens with one attached hydrogen (secondary N) is 1. The molecule has 102 valence electrons. The largest absolute Gasteiger partial charge is 0.479 e. The van der Waals surface area contributed by atoms with Crippen molar-refractivity contribution in [3.63, 3.8) is 0 Å². The highest BCUT2D eigenvalue weighted by atomic mass is 35.5. The van der Waals surface area contributed by atoms with Crippen molar-refractivity contribution in [3.8, 4) is 5.88 Å². The Morgan fingerprint density at radius 2 is 2.32 bits per heavy atom. The van der Waals surface area contributed by atoms with E-state index in [4.69, 9.17) is 16.3 Å². The molecule has 3 heterocycles. The first kappa shape index (κ1) is 12.7. The van der Waals surface area contributed by atoms with Crippen LogP contribution in [0.25, 0.3) is 0 Å². The predicted octanol–water partition coefficient (Wildman–Crippen LogP) is 2.35. The number of anilines is 1. The molecule has 0 aromatic carbocycles. The second kappa shape index (κ2) is 5.34. The van der Waals surface area contributed by atoms with E-state index in [0.717, 1.165) is 29.6 Å². The lowest BCUT2D eigenvalue weighted by molar-refractivity contribution is 0.402. The number of hydrogen-bond acceptors (Lipinski definition) is 6. The summed E-state index contributed by atoms with van der Waals surface area (Å²) in [6.07, 6.45) is 3.37. The number of aryl methyl sites for hydroxylation is 1. The lowest BCUT2D eigenvalue weighted by Gasteiger charge is -2.14. The van der Waals surface area contributed by atoms with E-state index in [9.17, 15) is 0 Å². The van der Waals surface area contributed by atoms with Crippen molar-refractivity contribution in [2.45, 2.75) is 32.4 Å². The topological polar surface area (TPSA) is 64.9 Å². The molecular formula is C11H14ClN5OS. The zero-order valence-corrected chi connectivity index (χ0v) is 12.1. The van der Waals surface area contributed by atoms with E-state index in [0.29, 0.717) is 17.4 Å². The molecule has 2 aromatic heterocycles. The third-order valence-corrected chi connectivity index (χ3v) is 4.46. The summed E-state index contributed by atoms with van der Waals surface area (Å²) in [6, 6.07) is 0. The Hall–Kier alpha value is -1.34. The van der Waals surface area contributed by atoms with Crippen LogP contribution in [0.1, 0.15) is 23.5 Å². The Labute approximate surface area is 119 Å². The van der Waals surface area contributed by atoms with E-state index in [-0.39, 0.29) is 0 Å². The Morgan fingerprint density at radius 1 is 1.42 bits per heavy atom. The summed E-state index contributed by atoms with van der Waals surface area (Å²) < 4.78 is 11.3. The van der Waals surface area contributed by atoms with Crippen molar-refractivity contribution >= 4 is 29.1 Å². The van der Waals surface area contributed by atoms with Crippen molar-refractivity contribution in [1.29, 1.82) is 0 Å². The molecule has 0 saturated heterocycles. The van der Waals surface area contributed by atoms with Gasteiger partial charge in [-0.2, -0.15) is 4.37 Å². The fraction of sp³-hybridized carbons (Fsp3) is 0.545. The van der Waals surface area contributed by atoms with Gasteiger partial charge in [0.25, 0.3) is 0 Å². The van der Waals surface area contributed by atoms with Crippen LogP contribution in [0, 0.1) is 0 Å². The Morgan fingerprint density at radius 3 is 3.11 bits per heavy atom. The number of hydrogen-bond donors (Lipinski definition) is 1. The van der Waals surface area contributed by atoms with Gasteiger partial charge >= 0.3 is 0 Å². The normalized spacial score (nSPS) is 14.2. The molecule has 0 unspecified atom stereocenters. The molecule has 1 aliphatic rings. The van der Waals surface area contributed by atoms with E-state index >= 15 is 0 Å². The molecule has 0 bridgehead atoms. The lowest BCUT2D eigenvalue weighted by atomic mass is 10.2. The van der Waals surface area contributed by atoms with E-state index < -0.39 is 0 Å². The minimum absolute atomic E-state index is 0.478. The summed E-state index contributed by atoms with van der Waals surface area (Å²) in [6.45, 7) is 1.56. The van der Waals surface area contributed by atoms with Crippen LogP contribution in [-0.2, 0) is 19.5 Å². The third kappa shape index (κ3) is 2.40. The molecule has 3 rings (SSSR count). The first-order valence-corrected chi connectivity index (χ1v) is 7.28. The molecule has 8 heteroatoms. The van der Waals surface area contributed by atoms with Crippen LogP contribution in [0.5, 0.6) is 5.88 Å². The Balaban J connectivity index is 1.72. The van der Waals surface area contributed by atoms with Gasteiger partial charge in [0.1, 0.15) is 10.8 Å². The van der Waals surface area contributed by atoms with Crippen LogP contribution < -0.4 is 10.1 Å². The number of methoxy groups -OCH3 is 1.